The van der Waals surface area contributed by atoms with Crippen molar-refractivity contribution in [3.8, 4) is 11.4 Å². The highest BCUT2D eigenvalue weighted by molar-refractivity contribution is 5.61. The molecule has 166 valence electrons. The van der Waals surface area contributed by atoms with Crippen LogP contribution >= 0.6 is 0 Å². The van der Waals surface area contributed by atoms with Crippen LogP contribution in [0.25, 0.3) is 11.4 Å². The maximum atomic E-state index is 4.99. The lowest BCUT2D eigenvalue weighted by atomic mass is 9.89. The van der Waals surface area contributed by atoms with Crippen molar-refractivity contribution in [1.82, 2.24) is 9.97 Å². The minimum absolute atomic E-state index is 1.04. The first kappa shape index (κ1) is 24.6. The fourth-order valence-corrected chi connectivity index (χ4v) is 4.35. The van der Waals surface area contributed by atoms with Gasteiger partial charge in [-0.05, 0) is 67.3 Å². The quantitative estimate of drug-likeness (QED) is 0.260. The molecule has 2 nitrogen and oxygen atoms in total. The molecule has 0 saturated heterocycles. The molecule has 0 atom stereocenters. The Kier molecular flexibility index (Phi) is 12.4. The lowest BCUT2D eigenvalue weighted by Crippen LogP contribution is -2.07. The highest BCUT2D eigenvalue weighted by atomic mass is 14.8. The first-order valence-electron chi connectivity index (χ1n) is 12.7. The zero-order valence-corrected chi connectivity index (χ0v) is 19.9. The van der Waals surface area contributed by atoms with Crippen molar-refractivity contribution in [2.45, 2.75) is 117 Å². The summed E-state index contributed by atoms with van der Waals surface area (Å²) in [6.45, 7) is 6.87. The van der Waals surface area contributed by atoms with Gasteiger partial charge in [-0.3, -0.25) is 9.97 Å². The fraction of sp³-hybridized carbons (Fsp3) is 0.643. The Bertz CT molecular complexity index is 693. The average Bonchev–Trinajstić information content (AvgIpc) is 2.78. The van der Waals surface area contributed by atoms with Gasteiger partial charge in [-0.2, -0.15) is 0 Å². The zero-order chi connectivity index (χ0) is 21.4. The summed E-state index contributed by atoms with van der Waals surface area (Å²) in [5.41, 5.74) is 6.78. The third-order valence-corrected chi connectivity index (χ3v) is 6.16. The van der Waals surface area contributed by atoms with Crippen molar-refractivity contribution in [2.24, 2.45) is 0 Å². The molecule has 0 unspecified atom stereocenters. The predicted molar refractivity (Wildman–Crippen MR) is 131 cm³/mol. The van der Waals surface area contributed by atoms with Crippen molar-refractivity contribution >= 4 is 0 Å². The minimum atomic E-state index is 1.04. The van der Waals surface area contributed by atoms with Crippen LogP contribution in [-0.2, 0) is 19.3 Å². The van der Waals surface area contributed by atoms with Gasteiger partial charge in [0.1, 0.15) is 0 Å². The molecule has 0 fully saturated rings. The largest absolute Gasteiger partial charge is 0.255 e. The average molecular weight is 409 g/mol. The summed E-state index contributed by atoms with van der Waals surface area (Å²) in [7, 11) is 0. The van der Waals surface area contributed by atoms with Crippen molar-refractivity contribution in [3.63, 3.8) is 0 Å². The summed E-state index contributed by atoms with van der Waals surface area (Å²) < 4.78 is 0. The van der Waals surface area contributed by atoms with Crippen molar-refractivity contribution in [3.05, 3.63) is 47.3 Å². The number of aromatic nitrogens is 2. The molecule has 0 aromatic carbocycles. The molecule has 0 saturated carbocycles. The van der Waals surface area contributed by atoms with E-state index in [4.69, 9.17) is 4.98 Å². The standard InChI is InChI=1S/C28H44N2/c1-4-7-10-13-18-24-23-30-28(27-21-16-17-22-29-27)26(20-15-12-9-6-3)25(24)19-14-11-8-5-2/h16-17,21-23H,4-15,18-20H2,1-3H3. The highest BCUT2D eigenvalue weighted by Gasteiger charge is 2.16. The van der Waals surface area contributed by atoms with Crippen LogP contribution in [0, 0.1) is 0 Å². The Balaban J connectivity index is 2.33. The molecule has 2 heterocycles. The second-order valence-electron chi connectivity index (χ2n) is 8.74. The van der Waals surface area contributed by atoms with Crippen LogP contribution in [0.15, 0.2) is 30.6 Å². The normalized spacial score (nSPS) is 11.2. The lowest BCUT2D eigenvalue weighted by Gasteiger charge is -2.19. The van der Waals surface area contributed by atoms with E-state index in [2.05, 4.69) is 44.1 Å². The van der Waals surface area contributed by atoms with Crippen LogP contribution in [-0.4, -0.2) is 9.97 Å². The Hall–Kier alpha value is -1.70. The smallest absolute Gasteiger partial charge is 0.0920 e. The number of pyridine rings is 2. The molecule has 0 radical (unpaired) electrons. The summed E-state index contributed by atoms with van der Waals surface area (Å²) in [6.07, 6.45) is 23.3. The van der Waals surface area contributed by atoms with Gasteiger partial charge in [-0.1, -0.05) is 84.6 Å². The fourth-order valence-electron chi connectivity index (χ4n) is 4.35. The summed E-state index contributed by atoms with van der Waals surface area (Å²) >= 11 is 0. The Morgan fingerprint density at radius 3 is 1.77 bits per heavy atom. The van der Waals surface area contributed by atoms with Gasteiger partial charge in [0, 0.05) is 12.4 Å². The van der Waals surface area contributed by atoms with Gasteiger partial charge in [0.05, 0.1) is 11.4 Å². The molecule has 0 aliphatic carbocycles. The number of hydrogen-bond donors (Lipinski definition) is 0. The topological polar surface area (TPSA) is 25.8 Å². The predicted octanol–water partition coefficient (Wildman–Crippen LogP) is 8.51. The molecule has 2 rings (SSSR count). The Morgan fingerprint density at radius 2 is 1.20 bits per heavy atom. The van der Waals surface area contributed by atoms with E-state index in [1.54, 1.807) is 5.56 Å². The van der Waals surface area contributed by atoms with Crippen LogP contribution in [0.4, 0.5) is 0 Å². The van der Waals surface area contributed by atoms with Crippen molar-refractivity contribution in [2.75, 3.05) is 0 Å². The van der Waals surface area contributed by atoms with E-state index in [-0.39, 0.29) is 0 Å². The van der Waals surface area contributed by atoms with Gasteiger partial charge >= 0.3 is 0 Å². The van der Waals surface area contributed by atoms with E-state index in [9.17, 15) is 0 Å². The van der Waals surface area contributed by atoms with E-state index in [0.717, 1.165) is 17.8 Å². The molecule has 2 aromatic heterocycles. The minimum Gasteiger partial charge on any atom is -0.255 e. The van der Waals surface area contributed by atoms with Crippen LogP contribution in [0.3, 0.4) is 0 Å². The van der Waals surface area contributed by atoms with Gasteiger partial charge in [-0.15, -0.1) is 0 Å². The third-order valence-electron chi connectivity index (χ3n) is 6.16. The molecule has 0 bridgehead atoms. The number of unbranched alkanes of at least 4 members (excludes halogenated alkanes) is 9. The molecule has 2 aromatic rings. The molecule has 2 heteroatoms. The molecule has 0 spiro atoms. The van der Waals surface area contributed by atoms with Crippen molar-refractivity contribution in [1.29, 1.82) is 0 Å². The molecule has 30 heavy (non-hydrogen) atoms. The maximum Gasteiger partial charge on any atom is 0.0920 e. The lowest BCUT2D eigenvalue weighted by molar-refractivity contribution is 0.638. The molecule has 0 aliphatic heterocycles. The zero-order valence-electron chi connectivity index (χ0n) is 19.9. The SMILES string of the molecule is CCCCCCc1cnc(-c2ccccn2)c(CCCCCC)c1CCCCCC. The van der Waals surface area contributed by atoms with E-state index < -0.39 is 0 Å². The van der Waals surface area contributed by atoms with Crippen LogP contribution < -0.4 is 0 Å². The number of nitrogens with zero attached hydrogens (tertiary/aromatic N) is 2. The molecule has 0 aliphatic rings. The van der Waals surface area contributed by atoms with Crippen molar-refractivity contribution < 1.29 is 0 Å². The van der Waals surface area contributed by atoms with Gasteiger partial charge in [0.2, 0.25) is 0 Å². The second-order valence-corrected chi connectivity index (χ2v) is 8.74. The number of hydrogen-bond acceptors (Lipinski definition) is 2. The van der Waals surface area contributed by atoms with Gasteiger partial charge in [-0.25, -0.2) is 0 Å². The van der Waals surface area contributed by atoms with Gasteiger partial charge in [0.15, 0.2) is 0 Å². The summed E-state index contributed by atoms with van der Waals surface area (Å²) in [6, 6.07) is 6.21. The van der Waals surface area contributed by atoms with E-state index in [1.165, 1.54) is 101 Å². The van der Waals surface area contributed by atoms with Crippen LogP contribution in [0.2, 0.25) is 0 Å². The summed E-state index contributed by atoms with van der Waals surface area (Å²) in [5.74, 6) is 0. The first-order valence-corrected chi connectivity index (χ1v) is 12.7. The number of aryl methyl sites for hydroxylation is 1. The Labute approximate surface area is 185 Å². The third kappa shape index (κ3) is 8.20. The Morgan fingerprint density at radius 1 is 0.600 bits per heavy atom. The van der Waals surface area contributed by atoms with Crippen LogP contribution in [0.1, 0.15) is 115 Å². The van der Waals surface area contributed by atoms with Gasteiger partial charge < -0.3 is 0 Å². The van der Waals surface area contributed by atoms with E-state index in [1.807, 2.05) is 12.3 Å². The second kappa shape index (κ2) is 15.2. The molecule has 0 amide bonds. The molecular weight excluding hydrogens is 364 g/mol. The van der Waals surface area contributed by atoms with E-state index in [0.29, 0.717) is 0 Å². The number of rotatable bonds is 16. The summed E-state index contributed by atoms with van der Waals surface area (Å²) in [5, 5.41) is 0. The monoisotopic (exact) mass is 408 g/mol. The van der Waals surface area contributed by atoms with Gasteiger partial charge in [0.25, 0.3) is 0 Å². The van der Waals surface area contributed by atoms with Crippen LogP contribution in [0.5, 0.6) is 0 Å². The highest BCUT2D eigenvalue weighted by Crippen LogP contribution is 2.29. The van der Waals surface area contributed by atoms with E-state index >= 15 is 0 Å². The first-order chi connectivity index (χ1) is 14.8. The maximum absolute atomic E-state index is 4.99. The molecule has 0 N–H and O–H groups in total. The summed E-state index contributed by atoms with van der Waals surface area (Å²) in [4.78, 5) is 9.65. The molecular formula is C28H44N2.